The molecular weight excluding hydrogens is 338 g/mol. The van der Waals surface area contributed by atoms with Gasteiger partial charge in [0.1, 0.15) is 0 Å². The van der Waals surface area contributed by atoms with Crippen LogP contribution >= 0.6 is 30.3 Å². The summed E-state index contributed by atoms with van der Waals surface area (Å²) in [5.74, 6) is 0. The zero-order valence-corrected chi connectivity index (χ0v) is 10.2. The number of alkyl halides is 3. The SMILES string of the molecule is FC(F)(F)c1ccc2c(ccn2SI)c1. The molecule has 1 heterocycles. The van der Waals surface area contributed by atoms with Gasteiger partial charge in [-0.3, -0.25) is 3.97 Å². The maximum atomic E-state index is 12.4. The van der Waals surface area contributed by atoms with Gasteiger partial charge in [-0.15, -0.1) is 0 Å². The number of halogens is 4. The molecule has 0 spiro atoms. The Labute approximate surface area is 100 Å². The summed E-state index contributed by atoms with van der Waals surface area (Å²) in [6, 6.07) is 5.43. The van der Waals surface area contributed by atoms with Crippen LogP contribution in [-0.2, 0) is 6.18 Å². The number of rotatable bonds is 1. The summed E-state index contributed by atoms with van der Waals surface area (Å²) in [7, 11) is 1.42. The van der Waals surface area contributed by atoms with Gasteiger partial charge in [0.25, 0.3) is 0 Å². The van der Waals surface area contributed by atoms with Crippen LogP contribution in [0.1, 0.15) is 5.56 Å². The van der Waals surface area contributed by atoms with Crippen molar-refractivity contribution in [3.8, 4) is 0 Å². The first-order chi connectivity index (χ1) is 7.02. The molecule has 0 aliphatic rings. The summed E-state index contributed by atoms with van der Waals surface area (Å²) in [6.07, 6.45) is -2.52. The minimum Gasteiger partial charge on any atom is -0.283 e. The topological polar surface area (TPSA) is 4.93 Å². The number of aromatic nitrogens is 1. The van der Waals surface area contributed by atoms with E-state index in [-0.39, 0.29) is 0 Å². The van der Waals surface area contributed by atoms with Gasteiger partial charge in [-0.05, 0) is 24.3 Å². The predicted molar refractivity (Wildman–Crippen MR) is 63.9 cm³/mol. The van der Waals surface area contributed by atoms with Crippen molar-refractivity contribution < 1.29 is 13.2 Å². The van der Waals surface area contributed by atoms with E-state index in [0.29, 0.717) is 5.39 Å². The van der Waals surface area contributed by atoms with Gasteiger partial charge in [0.05, 0.1) is 11.1 Å². The van der Waals surface area contributed by atoms with Gasteiger partial charge in [-0.25, -0.2) is 0 Å². The smallest absolute Gasteiger partial charge is 0.283 e. The first-order valence-electron chi connectivity index (χ1n) is 4.00. The highest BCUT2D eigenvalue weighted by atomic mass is 127. The fourth-order valence-corrected chi connectivity index (χ4v) is 2.73. The van der Waals surface area contributed by atoms with Crippen LogP contribution < -0.4 is 0 Å². The molecule has 0 N–H and O–H groups in total. The molecule has 0 saturated carbocycles. The number of nitrogens with zero attached hydrogens (tertiary/aromatic N) is 1. The Morgan fingerprint density at radius 2 is 1.93 bits per heavy atom. The number of fused-ring (bicyclic) bond motifs is 1. The zero-order chi connectivity index (χ0) is 11.1. The normalized spacial score (nSPS) is 12.3. The highest BCUT2D eigenvalue weighted by molar-refractivity contribution is 14.2. The molecule has 0 radical (unpaired) electrons. The van der Waals surface area contributed by atoms with Crippen LogP contribution in [0.15, 0.2) is 30.5 Å². The highest BCUT2D eigenvalue weighted by Gasteiger charge is 2.30. The Morgan fingerprint density at radius 1 is 1.20 bits per heavy atom. The average Bonchev–Trinajstić information content (AvgIpc) is 2.58. The third-order valence-electron chi connectivity index (χ3n) is 2.06. The maximum Gasteiger partial charge on any atom is 0.416 e. The lowest BCUT2D eigenvalue weighted by Gasteiger charge is -2.06. The average molecular weight is 343 g/mol. The minimum absolute atomic E-state index is 0.605. The molecule has 0 saturated heterocycles. The summed E-state index contributed by atoms with van der Waals surface area (Å²) in [5, 5.41) is 0.606. The zero-order valence-electron chi connectivity index (χ0n) is 7.25. The van der Waals surface area contributed by atoms with E-state index in [0.717, 1.165) is 11.6 Å². The van der Waals surface area contributed by atoms with E-state index in [2.05, 4.69) is 21.2 Å². The van der Waals surface area contributed by atoms with Crippen LogP contribution in [0, 0.1) is 0 Å². The second-order valence-electron chi connectivity index (χ2n) is 2.98. The monoisotopic (exact) mass is 343 g/mol. The van der Waals surface area contributed by atoms with E-state index in [4.69, 9.17) is 0 Å². The Bertz CT molecular complexity index is 492. The number of hydrogen-bond donors (Lipinski definition) is 0. The van der Waals surface area contributed by atoms with Crippen molar-refractivity contribution in [3.05, 3.63) is 36.0 Å². The molecule has 15 heavy (non-hydrogen) atoms. The molecule has 6 heteroatoms. The third kappa shape index (κ3) is 2.10. The molecule has 1 nitrogen and oxygen atoms in total. The van der Waals surface area contributed by atoms with Gasteiger partial charge in [-0.2, -0.15) is 13.2 Å². The van der Waals surface area contributed by atoms with Gasteiger partial charge in [0.2, 0.25) is 0 Å². The van der Waals surface area contributed by atoms with Crippen LogP contribution in [0.2, 0.25) is 0 Å². The second kappa shape index (κ2) is 3.89. The lowest BCUT2D eigenvalue weighted by molar-refractivity contribution is -0.137. The Kier molecular flexibility index (Phi) is 2.89. The Hall–Kier alpha value is -0.370. The quantitative estimate of drug-likeness (QED) is 0.690. The van der Waals surface area contributed by atoms with E-state index >= 15 is 0 Å². The summed E-state index contributed by atoms with van der Waals surface area (Å²) in [6.45, 7) is 0. The molecule has 80 valence electrons. The first kappa shape index (κ1) is 11.1. The van der Waals surface area contributed by atoms with E-state index in [9.17, 15) is 13.2 Å². The Balaban J connectivity index is 2.58. The lowest BCUT2D eigenvalue weighted by atomic mass is 10.1. The van der Waals surface area contributed by atoms with E-state index in [1.165, 1.54) is 21.3 Å². The van der Waals surface area contributed by atoms with Crippen molar-refractivity contribution in [1.29, 1.82) is 0 Å². The fourth-order valence-electron chi connectivity index (χ4n) is 1.35. The molecule has 0 bridgehead atoms. The molecule has 0 fully saturated rings. The fraction of sp³-hybridized carbons (Fsp3) is 0.111. The molecule has 0 aliphatic heterocycles. The standard InChI is InChI=1S/C9H5F3INS/c10-9(11,12)7-1-2-8-6(5-7)3-4-14(8)15-13/h1-5H. The number of hydrogen-bond acceptors (Lipinski definition) is 1. The molecule has 0 amide bonds. The second-order valence-corrected chi connectivity index (χ2v) is 4.70. The minimum atomic E-state index is -4.27. The van der Waals surface area contributed by atoms with Gasteiger partial charge in [0, 0.05) is 41.9 Å². The van der Waals surface area contributed by atoms with Crippen molar-refractivity contribution in [1.82, 2.24) is 3.97 Å². The predicted octanol–water partition coefficient (Wildman–Crippen LogP) is 4.51. The molecule has 1 aromatic carbocycles. The van der Waals surface area contributed by atoms with Crippen LogP contribution in [0.3, 0.4) is 0 Å². The molecule has 2 aromatic rings. The van der Waals surface area contributed by atoms with Crippen LogP contribution in [0.4, 0.5) is 13.2 Å². The van der Waals surface area contributed by atoms with Gasteiger partial charge in [0.15, 0.2) is 0 Å². The number of benzene rings is 1. The van der Waals surface area contributed by atoms with Crippen molar-refractivity contribution in [2.45, 2.75) is 6.18 Å². The van der Waals surface area contributed by atoms with E-state index in [1.54, 1.807) is 12.3 Å². The molecular formula is C9H5F3INS. The van der Waals surface area contributed by atoms with Gasteiger partial charge in [-0.1, -0.05) is 0 Å². The Morgan fingerprint density at radius 3 is 2.53 bits per heavy atom. The van der Waals surface area contributed by atoms with Gasteiger partial charge < -0.3 is 0 Å². The molecule has 1 aromatic heterocycles. The van der Waals surface area contributed by atoms with Crippen molar-refractivity contribution in [2.75, 3.05) is 0 Å². The first-order valence-corrected chi connectivity index (χ1v) is 7.31. The van der Waals surface area contributed by atoms with Crippen LogP contribution in [0.25, 0.3) is 10.9 Å². The van der Waals surface area contributed by atoms with E-state index < -0.39 is 11.7 Å². The van der Waals surface area contributed by atoms with E-state index in [1.807, 2.05) is 3.97 Å². The van der Waals surface area contributed by atoms with Crippen molar-refractivity contribution in [3.63, 3.8) is 0 Å². The van der Waals surface area contributed by atoms with Crippen molar-refractivity contribution in [2.24, 2.45) is 0 Å². The molecule has 0 atom stereocenters. The van der Waals surface area contributed by atoms with Crippen LogP contribution in [0.5, 0.6) is 0 Å². The maximum absolute atomic E-state index is 12.4. The summed E-state index contributed by atoms with van der Waals surface area (Å²) < 4.78 is 39.0. The summed E-state index contributed by atoms with van der Waals surface area (Å²) in [4.78, 5) is 0. The summed E-state index contributed by atoms with van der Waals surface area (Å²) in [5.41, 5.74) is 0.189. The summed E-state index contributed by atoms with van der Waals surface area (Å²) >= 11 is 2.08. The van der Waals surface area contributed by atoms with Gasteiger partial charge >= 0.3 is 6.18 Å². The molecule has 0 aliphatic carbocycles. The molecule has 0 unspecified atom stereocenters. The van der Waals surface area contributed by atoms with Crippen molar-refractivity contribution >= 4 is 41.2 Å². The third-order valence-corrected chi connectivity index (χ3v) is 3.80. The largest absolute Gasteiger partial charge is 0.416 e. The van der Waals surface area contributed by atoms with Crippen LogP contribution in [-0.4, -0.2) is 3.97 Å². The highest BCUT2D eigenvalue weighted by Crippen LogP contribution is 2.33. The molecule has 2 rings (SSSR count). The lowest BCUT2D eigenvalue weighted by Crippen LogP contribution is -2.04.